The van der Waals surface area contributed by atoms with Crippen molar-refractivity contribution in [1.82, 2.24) is 0 Å². The Hall–Kier alpha value is -0.900. The Kier molecular flexibility index (Phi) is 2.34. The largest absolute Gasteiger partial charge is 0.485 e. The summed E-state index contributed by atoms with van der Waals surface area (Å²) in [4.78, 5) is 11.5. The van der Waals surface area contributed by atoms with E-state index in [4.69, 9.17) is 4.74 Å². The third-order valence-corrected chi connectivity index (χ3v) is 3.94. The van der Waals surface area contributed by atoms with E-state index in [1.54, 1.807) is 13.8 Å². The van der Waals surface area contributed by atoms with Gasteiger partial charge in [-0.15, -0.1) is 0 Å². The number of Topliss-reactive ketones (excluding diaryl/α,β-unsaturated/α-hetero) is 1. The van der Waals surface area contributed by atoms with Crippen molar-refractivity contribution in [2.45, 2.75) is 24.3 Å². The van der Waals surface area contributed by atoms with Crippen LogP contribution in [0.5, 0.6) is 5.75 Å². The minimum Gasteiger partial charge on any atom is -0.485 e. The van der Waals surface area contributed by atoms with Gasteiger partial charge in [-0.05, 0) is 26.0 Å². The first-order valence-corrected chi connectivity index (χ1v) is 5.50. The maximum atomic E-state index is 13.0. The smallest absolute Gasteiger partial charge is 0.184 e. The number of benzene rings is 1. The highest BCUT2D eigenvalue weighted by Crippen LogP contribution is 2.36. The van der Waals surface area contributed by atoms with Crippen molar-refractivity contribution in [3.05, 3.63) is 29.6 Å². The van der Waals surface area contributed by atoms with Gasteiger partial charge in [0.15, 0.2) is 5.78 Å². The van der Waals surface area contributed by atoms with Crippen LogP contribution in [0.15, 0.2) is 18.2 Å². The number of ketones is 1. The van der Waals surface area contributed by atoms with Crippen LogP contribution >= 0.6 is 15.9 Å². The molecular weight excluding hydrogens is 263 g/mol. The molecule has 1 heterocycles. The molecule has 0 amide bonds. The van der Waals surface area contributed by atoms with E-state index in [0.717, 1.165) is 0 Å². The van der Waals surface area contributed by atoms with Gasteiger partial charge in [0.2, 0.25) is 0 Å². The van der Waals surface area contributed by atoms with E-state index in [1.807, 2.05) is 0 Å². The monoisotopic (exact) mass is 272 g/mol. The van der Waals surface area contributed by atoms with Crippen LogP contribution in [0.2, 0.25) is 0 Å². The Bertz CT molecular complexity index is 429. The number of carbonyl (C=O) groups excluding carboxylic acids is 1. The molecule has 0 fully saturated rings. The summed E-state index contributed by atoms with van der Waals surface area (Å²) in [6.07, 6.45) is 0. The van der Waals surface area contributed by atoms with Crippen LogP contribution in [-0.2, 0) is 0 Å². The van der Waals surface area contributed by atoms with Gasteiger partial charge < -0.3 is 4.74 Å². The first-order chi connectivity index (χ1) is 6.92. The summed E-state index contributed by atoms with van der Waals surface area (Å²) < 4.78 is 18.5. The summed E-state index contributed by atoms with van der Waals surface area (Å²) in [6, 6.07) is 3.96. The molecule has 0 bridgehead atoms. The fourth-order valence-electron chi connectivity index (χ4n) is 1.57. The molecule has 4 heteroatoms. The average Bonchev–Trinajstić information content (AvgIpc) is 2.13. The zero-order valence-electron chi connectivity index (χ0n) is 8.38. The fourth-order valence-corrected chi connectivity index (χ4v) is 1.91. The van der Waals surface area contributed by atoms with Gasteiger partial charge in [0.25, 0.3) is 0 Å². The van der Waals surface area contributed by atoms with Crippen LogP contribution in [0, 0.1) is 5.82 Å². The number of fused-ring (bicyclic) bond motifs is 1. The van der Waals surface area contributed by atoms with Gasteiger partial charge in [0, 0.05) is 6.07 Å². The maximum absolute atomic E-state index is 13.0. The molecule has 0 aliphatic carbocycles. The number of halogens is 2. The van der Waals surface area contributed by atoms with E-state index in [-0.39, 0.29) is 5.78 Å². The maximum Gasteiger partial charge on any atom is 0.184 e. The second-order valence-corrected chi connectivity index (χ2v) is 4.99. The molecule has 1 unspecified atom stereocenters. The van der Waals surface area contributed by atoms with Gasteiger partial charge in [0.05, 0.1) is 5.56 Å². The standard InChI is InChI=1S/C11H10BrFO2/c1-11(2)10(12)9(14)7-4-3-6(13)5-8(7)15-11/h3-5,10H,1-2H3. The molecule has 1 aromatic carbocycles. The summed E-state index contributed by atoms with van der Waals surface area (Å²) in [5, 5.41) is 0. The lowest BCUT2D eigenvalue weighted by molar-refractivity contribution is 0.0666. The topological polar surface area (TPSA) is 26.3 Å². The van der Waals surface area contributed by atoms with Crippen LogP contribution in [0.1, 0.15) is 24.2 Å². The van der Waals surface area contributed by atoms with Crippen LogP contribution in [-0.4, -0.2) is 16.2 Å². The summed E-state index contributed by atoms with van der Waals surface area (Å²) >= 11 is 3.30. The lowest BCUT2D eigenvalue weighted by Gasteiger charge is -2.35. The fraction of sp³-hybridized carbons (Fsp3) is 0.364. The summed E-state index contributed by atoms with van der Waals surface area (Å²) in [7, 11) is 0. The van der Waals surface area contributed by atoms with Crippen LogP contribution < -0.4 is 4.74 Å². The molecule has 0 saturated heterocycles. The second kappa shape index (κ2) is 3.30. The number of alkyl halides is 1. The predicted octanol–water partition coefficient (Wildman–Crippen LogP) is 2.94. The van der Waals surface area contributed by atoms with Crippen molar-refractivity contribution < 1.29 is 13.9 Å². The van der Waals surface area contributed by atoms with Gasteiger partial charge >= 0.3 is 0 Å². The lowest BCUT2D eigenvalue weighted by Crippen LogP contribution is -2.46. The molecule has 2 rings (SSSR count). The molecule has 0 aromatic heterocycles. The Labute approximate surface area is 95.6 Å². The van der Waals surface area contributed by atoms with E-state index in [2.05, 4.69) is 15.9 Å². The normalized spacial score (nSPS) is 23.2. The molecule has 15 heavy (non-hydrogen) atoms. The Balaban J connectivity index is 2.55. The van der Waals surface area contributed by atoms with E-state index in [1.165, 1.54) is 18.2 Å². The van der Waals surface area contributed by atoms with E-state index < -0.39 is 16.2 Å². The molecule has 1 aromatic rings. The minimum atomic E-state index is -0.655. The zero-order valence-corrected chi connectivity index (χ0v) is 9.97. The van der Waals surface area contributed by atoms with Crippen LogP contribution in [0.4, 0.5) is 4.39 Å². The highest BCUT2D eigenvalue weighted by Gasteiger charge is 2.41. The molecule has 1 aliphatic heterocycles. The number of rotatable bonds is 0. The molecule has 0 N–H and O–H groups in total. The quantitative estimate of drug-likeness (QED) is 0.679. The molecule has 0 radical (unpaired) electrons. The molecule has 0 spiro atoms. The summed E-state index contributed by atoms with van der Waals surface area (Å²) in [5.74, 6) is -0.146. The Morgan fingerprint density at radius 2 is 2.13 bits per heavy atom. The zero-order chi connectivity index (χ0) is 11.2. The molecule has 0 saturated carbocycles. The number of ether oxygens (including phenoxy) is 1. The summed E-state index contributed by atoms with van der Waals surface area (Å²) in [5.41, 5.74) is -0.227. The van der Waals surface area contributed by atoms with E-state index in [9.17, 15) is 9.18 Å². The highest BCUT2D eigenvalue weighted by atomic mass is 79.9. The van der Waals surface area contributed by atoms with E-state index in [0.29, 0.717) is 11.3 Å². The van der Waals surface area contributed by atoms with Crippen LogP contribution in [0.25, 0.3) is 0 Å². The van der Waals surface area contributed by atoms with Crippen molar-refractivity contribution in [3.63, 3.8) is 0 Å². The molecule has 1 aliphatic rings. The number of hydrogen-bond acceptors (Lipinski definition) is 2. The van der Waals surface area contributed by atoms with Crippen LogP contribution in [0.3, 0.4) is 0 Å². The predicted molar refractivity (Wildman–Crippen MR) is 58.2 cm³/mol. The number of carbonyl (C=O) groups is 1. The van der Waals surface area contributed by atoms with Crippen molar-refractivity contribution in [2.75, 3.05) is 0 Å². The van der Waals surface area contributed by atoms with Gasteiger partial charge in [-0.2, -0.15) is 0 Å². The lowest BCUT2D eigenvalue weighted by atomic mass is 9.93. The first-order valence-electron chi connectivity index (χ1n) is 4.58. The van der Waals surface area contributed by atoms with Gasteiger partial charge in [-0.1, -0.05) is 15.9 Å². The second-order valence-electron chi connectivity index (χ2n) is 4.07. The molecule has 1 atom stereocenters. The molecule has 2 nitrogen and oxygen atoms in total. The van der Waals surface area contributed by atoms with Crippen molar-refractivity contribution >= 4 is 21.7 Å². The highest BCUT2D eigenvalue weighted by molar-refractivity contribution is 9.10. The first kappa shape index (κ1) is 10.6. The number of hydrogen-bond donors (Lipinski definition) is 0. The van der Waals surface area contributed by atoms with Gasteiger partial charge in [-0.3, -0.25) is 4.79 Å². The third kappa shape index (κ3) is 1.67. The summed E-state index contributed by atoms with van der Waals surface area (Å²) in [6.45, 7) is 3.58. The Morgan fingerprint density at radius 3 is 2.80 bits per heavy atom. The minimum absolute atomic E-state index is 0.0683. The molecule has 80 valence electrons. The van der Waals surface area contributed by atoms with Crippen molar-refractivity contribution in [3.8, 4) is 5.75 Å². The van der Waals surface area contributed by atoms with Crippen molar-refractivity contribution in [2.24, 2.45) is 0 Å². The SMILES string of the molecule is CC1(C)Oc2cc(F)ccc2C(=O)C1Br. The third-order valence-electron chi connectivity index (χ3n) is 2.42. The average molecular weight is 273 g/mol. The molecular formula is C11H10BrFO2. The van der Waals surface area contributed by atoms with Crippen molar-refractivity contribution in [1.29, 1.82) is 0 Å². The van der Waals surface area contributed by atoms with E-state index >= 15 is 0 Å². The van der Waals surface area contributed by atoms with Gasteiger partial charge in [-0.25, -0.2) is 4.39 Å². The van der Waals surface area contributed by atoms with Gasteiger partial charge in [0.1, 0.15) is 22.0 Å². The Morgan fingerprint density at radius 1 is 1.47 bits per heavy atom.